The highest BCUT2D eigenvalue weighted by molar-refractivity contribution is 5.76. The van der Waals surface area contributed by atoms with Gasteiger partial charge < -0.3 is 10.2 Å². The van der Waals surface area contributed by atoms with Crippen LogP contribution in [0.2, 0.25) is 0 Å². The van der Waals surface area contributed by atoms with Gasteiger partial charge in [0.05, 0.1) is 5.69 Å². The van der Waals surface area contributed by atoms with Crippen LogP contribution in [0.3, 0.4) is 0 Å². The van der Waals surface area contributed by atoms with Crippen molar-refractivity contribution < 1.29 is 18.0 Å². The molecule has 0 aliphatic carbocycles. The lowest BCUT2D eigenvalue weighted by Gasteiger charge is -2.39. The number of carbonyl (C=O) groups excluding carboxylic acids is 1. The summed E-state index contributed by atoms with van der Waals surface area (Å²) in [6.45, 7) is 6.95. The standard InChI is InChI=1S/C24H31F3N4O/c1-23(2,3)19-14-20(24(25,26)27)31-21(28-19)13-18(29-31)17-11-12-30(15-17)22(32)10-9-16-7-5-4-6-8-16/h4-8,13,17,19-20,28H,9-12,14-15H2,1-3H3/t17-,19-,20+/m1/s1. The second-order valence-corrected chi connectivity index (χ2v) is 10.1. The SMILES string of the molecule is CC(C)(C)[C@H]1C[C@@H](C(F)(F)F)n2nc([C@@H]3CCN(C(=O)CCc4ccccc4)C3)cc2N1. The van der Waals surface area contributed by atoms with Gasteiger partial charge >= 0.3 is 6.18 Å². The third-order valence-corrected chi connectivity index (χ3v) is 6.68. The van der Waals surface area contributed by atoms with Crippen molar-refractivity contribution in [3.8, 4) is 0 Å². The lowest BCUT2D eigenvalue weighted by Crippen LogP contribution is -2.44. The lowest BCUT2D eigenvalue weighted by atomic mass is 9.82. The summed E-state index contributed by atoms with van der Waals surface area (Å²) in [5, 5.41) is 7.66. The predicted molar refractivity (Wildman–Crippen MR) is 118 cm³/mol. The van der Waals surface area contributed by atoms with Crippen molar-refractivity contribution in [3.63, 3.8) is 0 Å². The molecule has 2 aliphatic heterocycles. The Morgan fingerprint density at radius 1 is 1.19 bits per heavy atom. The van der Waals surface area contributed by atoms with Gasteiger partial charge in [-0.05, 0) is 30.2 Å². The van der Waals surface area contributed by atoms with E-state index in [1.165, 1.54) is 0 Å². The first-order chi connectivity index (χ1) is 15.0. The fraction of sp³-hybridized carbons (Fsp3) is 0.583. The van der Waals surface area contributed by atoms with Crippen molar-refractivity contribution in [2.75, 3.05) is 18.4 Å². The first-order valence-electron chi connectivity index (χ1n) is 11.3. The fourth-order valence-electron chi connectivity index (χ4n) is 4.64. The van der Waals surface area contributed by atoms with Crippen LogP contribution in [-0.4, -0.2) is 45.9 Å². The molecule has 2 aromatic rings. The van der Waals surface area contributed by atoms with Gasteiger partial charge in [-0.2, -0.15) is 18.3 Å². The molecule has 0 spiro atoms. The molecule has 4 rings (SSSR count). The number of aryl methyl sites for hydroxylation is 1. The Morgan fingerprint density at radius 3 is 2.56 bits per heavy atom. The molecule has 32 heavy (non-hydrogen) atoms. The number of nitrogens with zero attached hydrogens (tertiary/aromatic N) is 3. The zero-order valence-corrected chi connectivity index (χ0v) is 18.8. The first-order valence-corrected chi connectivity index (χ1v) is 11.3. The number of anilines is 1. The molecule has 5 nitrogen and oxygen atoms in total. The van der Waals surface area contributed by atoms with E-state index >= 15 is 0 Å². The van der Waals surface area contributed by atoms with Crippen LogP contribution in [0.25, 0.3) is 0 Å². The third-order valence-electron chi connectivity index (χ3n) is 6.68. The summed E-state index contributed by atoms with van der Waals surface area (Å²) in [7, 11) is 0. The van der Waals surface area contributed by atoms with E-state index in [1.807, 2.05) is 56.0 Å². The van der Waals surface area contributed by atoms with Crippen LogP contribution in [0.1, 0.15) is 63.3 Å². The average Bonchev–Trinajstić information content (AvgIpc) is 3.37. The van der Waals surface area contributed by atoms with Crippen LogP contribution < -0.4 is 5.32 Å². The summed E-state index contributed by atoms with van der Waals surface area (Å²) < 4.78 is 42.6. The van der Waals surface area contributed by atoms with Gasteiger partial charge in [0, 0.05) is 37.5 Å². The fourth-order valence-corrected chi connectivity index (χ4v) is 4.64. The van der Waals surface area contributed by atoms with Crippen molar-refractivity contribution in [3.05, 3.63) is 47.7 Å². The number of benzene rings is 1. The van der Waals surface area contributed by atoms with E-state index in [0.717, 1.165) is 10.2 Å². The molecule has 1 saturated heterocycles. The number of carbonyl (C=O) groups is 1. The van der Waals surface area contributed by atoms with E-state index in [4.69, 9.17) is 0 Å². The maximum absolute atomic E-state index is 13.8. The number of fused-ring (bicyclic) bond motifs is 1. The summed E-state index contributed by atoms with van der Waals surface area (Å²) in [5.41, 5.74) is 1.44. The summed E-state index contributed by atoms with van der Waals surface area (Å²) in [4.78, 5) is 14.5. The van der Waals surface area contributed by atoms with E-state index in [0.29, 0.717) is 43.9 Å². The van der Waals surface area contributed by atoms with Crippen LogP contribution in [0, 0.1) is 5.41 Å². The molecule has 1 aromatic carbocycles. The predicted octanol–water partition coefficient (Wildman–Crippen LogP) is 5.17. The molecule has 2 aliphatic rings. The van der Waals surface area contributed by atoms with Gasteiger partial charge in [-0.15, -0.1) is 0 Å². The number of alkyl halides is 3. The second kappa shape index (κ2) is 8.45. The number of amides is 1. The average molecular weight is 449 g/mol. The summed E-state index contributed by atoms with van der Waals surface area (Å²) >= 11 is 0. The molecule has 3 heterocycles. The van der Waals surface area contributed by atoms with Crippen molar-refractivity contribution in [1.29, 1.82) is 0 Å². The zero-order valence-electron chi connectivity index (χ0n) is 18.8. The van der Waals surface area contributed by atoms with Crippen molar-refractivity contribution >= 4 is 11.7 Å². The van der Waals surface area contributed by atoms with Crippen molar-refractivity contribution in [2.24, 2.45) is 5.41 Å². The number of hydrogen-bond acceptors (Lipinski definition) is 3. The molecule has 1 N–H and O–H groups in total. The highest BCUT2D eigenvalue weighted by atomic mass is 19.4. The molecular formula is C24H31F3N4O. The van der Waals surface area contributed by atoms with Gasteiger partial charge in [0.15, 0.2) is 6.04 Å². The summed E-state index contributed by atoms with van der Waals surface area (Å²) in [6, 6.07) is 9.68. The molecule has 174 valence electrons. The Kier molecular flexibility index (Phi) is 5.98. The molecule has 0 saturated carbocycles. The largest absolute Gasteiger partial charge is 0.410 e. The van der Waals surface area contributed by atoms with Gasteiger partial charge in [-0.3, -0.25) is 4.79 Å². The molecule has 0 radical (unpaired) electrons. The van der Waals surface area contributed by atoms with E-state index in [1.54, 1.807) is 6.07 Å². The van der Waals surface area contributed by atoms with Crippen molar-refractivity contribution in [1.82, 2.24) is 14.7 Å². The normalized spacial score (nSPS) is 23.7. The minimum Gasteiger partial charge on any atom is -0.367 e. The molecule has 1 aromatic heterocycles. The van der Waals surface area contributed by atoms with Crippen LogP contribution >= 0.6 is 0 Å². The lowest BCUT2D eigenvalue weighted by molar-refractivity contribution is -0.175. The highest BCUT2D eigenvalue weighted by Gasteiger charge is 2.48. The first kappa shape index (κ1) is 22.7. The Morgan fingerprint density at radius 2 is 1.91 bits per heavy atom. The van der Waals surface area contributed by atoms with Crippen molar-refractivity contribution in [2.45, 2.75) is 70.6 Å². The number of nitrogens with one attached hydrogen (secondary N) is 1. The minimum absolute atomic E-state index is 0.0439. The maximum atomic E-state index is 13.8. The third kappa shape index (κ3) is 4.79. The topological polar surface area (TPSA) is 50.2 Å². The molecule has 0 unspecified atom stereocenters. The Labute approximate surface area is 187 Å². The van der Waals surface area contributed by atoms with Crippen LogP contribution in [0.4, 0.5) is 19.0 Å². The van der Waals surface area contributed by atoms with E-state index in [2.05, 4.69) is 10.4 Å². The minimum atomic E-state index is -4.36. The van der Waals surface area contributed by atoms with Gasteiger partial charge in [-0.25, -0.2) is 4.68 Å². The van der Waals surface area contributed by atoms with Gasteiger partial charge in [-0.1, -0.05) is 51.1 Å². The van der Waals surface area contributed by atoms with E-state index in [9.17, 15) is 18.0 Å². The smallest absolute Gasteiger partial charge is 0.367 e. The molecule has 0 bridgehead atoms. The Hall–Kier alpha value is -2.51. The van der Waals surface area contributed by atoms with Gasteiger partial charge in [0.2, 0.25) is 5.91 Å². The number of rotatable bonds is 4. The van der Waals surface area contributed by atoms with E-state index < -0.39 is 12.2 Å². The van der Waals surface area contributed by atoms with E-state index in [-0.39, 0.29) is 29.7 Å². The highest BCUT2D eigenvalue weighted by Crippen LogP contribution is 2.44. The number of hydrogen-bond donors (Lipinski definition) is 1. The summed E-state index contributed by atoms with van der Waals surface area (Å²) in [5.74, 6) is 0.458. The van der Waals surface area contributed by atoms with Gasteiger partial charge in [0.25, 0.3) is 0 Å². The molecule has 3 atom stereocenters. The van der Waals surface area contributed by atoms with Crippen LogP contribution in [-0.2, 0) is 11.2 Å². The molecule has 1 fully saturated rings. The molecule has 1 amide bonds. The van der Waals surface area contributed by atoms with Crippen LogP contribution in [0.15, 0.2) is 36.4 Å². The Bertz CT molecular complexity index is 948. The van der Waals surface area contributed by atoms with Crippen LogP contribution in [0.5, 0.6) is 0 Å². The van der Waals surface area contributed by atoms with Gasteiger partial charge in [0.1, 0.15) is 5.82 Å². The maximum Gasteiger partial charge on any atom is 0.410 e. The monoisotopic (exact) mass is 448 g/mol. The quantitative estimate of drug-likeness (QED) is 0.703. The summed E-state index contributed by atoms with van der Waals surface area (Å²) in [6.07, 6.45) is -2.58. The number of likely N-dealkylation sites (tertiary alicyclic amines) is 1. The number of aromatic nitrogens is 2. The number of halogens is 3. The Balaban J connectivity index is 1.45. The zero-order chi connectivity index (χ0) is 23.1. The molecular weight excluding hydrogens is 417 g/mol. The second-order valence-electron chi connectivity index (χ2n) is 10.1. The molecule has 8 heteroatoms.